The minimum absolute atomic E-state index is 0.0929. The molecule has 0 saturated heterocycles. The Bertz CT molecular complexity index is 695. The van der Waals surface area contributed by atoms with Crippen molar-refractivity contribution in [1.82, 2.24) is 5.32 Å². The molecule has 0 aliphatic heterocycles. The summed E-state index contributed by atoms with van der Waals surface area (Å²) < 4.78 is 10.9. The first-order valence-electron chi connectivity index (χ1n) is 9.68. The molecule has 4 fully saturated rings. The zero-order chi connectivity index (χ0) is 18.0. The van der Waals surface area contributed by atoms with E-state index in [4.69, 9.17) is 9.47 Å². The molecule has 0 aromatic heterocycles. The standard InChI is InChI=1S/C22H27NO3/c1-25-19-6-2-3-7-20(19)26-9-5-4-8-23-21(24)22-13-16-10-17(14-22)12-18(11-16)15-22/h2-3,6-7,16-18H,8-15H2,1H3,(H,23,24). The molecule has 1 amide bonds. The molecule has 0 heterocycles. The number of para-hydroxylation sites is 2. The van der Waals surface area contributed by atoms with Crippen molar-refractivity contribution in [3.05, 3.63) is 24.3 Å². The van der Waals surface area contributed by atoms with E-state index in [0.717, 1.165) is 37.0 Å². The Morgan fingerprint density at radius 2 is 1.69 bits per heavy atom. The zero-order valence-electron chi connectivity index (χ0n) is 15.4. The van der Waals surface area contributed by atoms with Crippen LogP contribution in [-0.2, 0) is 4.79 Å². The monoisotopic (exact) mass is 353 g/mol. The second-order valence-electron chi connectivity index (χ2n) is 8.17. The molecule has 4 aliphatic carbocycles. The van der Waals surface area contributed by atoms with Gasteiger partial charge in [-0.2, -0.15) is 0 Å². The van der Waals surface area contributed by atoms with Crippen LogP contribution in [0.1, 0.15) is 38.5 Å². The molecule has 138 valence electrons. The lowest BCUT2D eigenvalue weighted by Crippen LogP contribution is -2.53. The summed E-state index contributed by atoms with van der Waals surface area (Å²) in [6.45, 7) is 0.684. The topological polar surface area (TPSA) is 47.6 Å². The molecular formula is C22H27NO3. The van der Waals surface area contributed by atoms with Gasteiger partial charge in [-0.1, -0.05) is 24.0 Å². The SMILES string of the molecule is COc1ccccc1OCC#CCNC(=O)C12CC3CC(CC(C3)C1)C2. The lowest BCUT2D eigenvalue weighted by Gasteiger charge is -2.55. The van der Waals surface area contributed by atoms with Crippen molar-refractivity contribution in [1.29, 1.82) is 0 Å². The van der Waals surface area contributed by atoms with Gasteiger partial charge in [0.25, 0.3) is 0 Å². The molecule has 1 N–H and O–H groups in total. The van der Waals surface area contributed by atoms with Gasteiger partial charge in [0.05, 0.1) is 13.7 Å². The first-order valence-corrected chi connectivity index (χ1v) is 9.68. The van der Waals surface area contributed by atoms with Gasteiger partial charge in [-0.15, -0.1) is 0 Å². The van der Waals surface area contributed by atoms with Gasteiger partial charge in [-0.3, -0.25) is 4.79 Å². The molecule has 0 radical (unpaired) electrons. The van der Waals surface area contributed by atoms with Crippen LogP contribution in [0.4, 0.5) is 0 Å². The highest BCUT2D eigenvalue weighted by Crippen LogP contribution is 2.60. The van der Waals surface area contributed by atoms with E-state index in [-0.39, 0.29) is 17.9 Å². The lowest BCUT2D eigenvalue weighted by atomic mass is 9.49. The molecule has 5 rings (SSSR count). The molecule has 4 aliphatic rings. The highest BCUT2D eigenvalue weighted by molar-refractivity contribution is 5.83. The summed E-state index contributed by atoms with van der Waals surface area (Å²) in [7, 11) is 1.62. The number of amides is 1. The van der Waals surface area contributed by atoms with E-state index < -0.39 is 0 Å². The zero-order valence-corrected chi connectivity index (χ0v) is 15.4. The van der Waals surface area contributed by atoms with Crippen molar-refractivity contribution in [2.75, 3.05) is 20.3 Å². The largest absolute Gasteiger partial charge is 0.493 e. The lowest BCUT2D eigenvalue weighted by molar-refractivity contribution is -0.145. The van der Waals surface area contributed by atoms with Crippen LogP contribution in [0.3, 0.4) is 0 Å². The summed E-state index contributed by atoms with van der Waals surface area (Å²) in [4.78, 5) is 12.8. The molecule has 4 bridgehead atoms. The van der Waals surface area contributed by atoms with Crippen LogP contribution in [0.5, 0.6) is 11.5 Å². The summed E-state index contributed by atoms with van der Waals surface area (Å²) in [5, 5.41) is 3.07. The van der Waals surface area contributed by atoms with Crippen LogP contribution < -0.4 is 14.8 Å². The Balaban J connectivity index is 1.25. The summed E-state index contributed by atoms with van der Waals surface area (Å²) in [5.41, 5.74) is -0.0929. The van der Waals surface area contributed by atoms with Crippen molar-refractivity contribution in [2.24, 2.45) is 23.2 Å². The molecule has 1 aromatic carbocycles. The first-order chi connectivity index (χ1) is 12.7. The van der Waals surface area contributed by atoms with Gasteiger partial charge < -0.3 is 14.8 Å². The minimum atomic E-state index is -0.0929. The van der Waals surface area contributed by atoms with Gasteiger partial charge in [0.15, 0.2) is 11.5 Å². The van der Waals surface area contributed by atoms with Crippen LogP contribution in [-0.4, -0.2) is 26.2 Å². The summed E-state index contributed by atoms with van der Waals surface area (Å²) in [6, 6.07) is 7.51. The molecule has 4 heteroatoms. The Morgan fingerprint density at radius 1 is 1.08 bits per heavy atom. The smallest absolute Gasteiger partial charge is 0.226 e. The molecule has 1 aromatic rings. The number of hydrogen-bond acceptors (Lipinski definition) is 3. The number of methoxy groups -OCH3 is 1. The molecule has 4 saturated carbocycles. The summed E-state index contributed by atoms with van der Waals surface area (Å²) in [5.74, 6) is 9.95. The highest BCUT2D eigenvalue weighted by atomic mass is 16.5. The van der Waals surface area contributed by atoms with E-state index in [2.05, 4.69) is 17.2 Å². The van der Waals surface area contributed by atoms with E-state index in [0.29, 0.717) is 18.0 Å². The molecule has 0 spiro atoms. The van der Waals surface area contributed by atoms with E-state index in [9.17, 15) is 4.79 Å². The third-order valence-electron chi connectivity index (χ3n) is 6.35. The van der Waals surface area contributed by atoms with Crippen LogP contribution in [0.15, 0.2) is 24.3 Å². The molecule has 0 atom stereocenters. The quantitative estimate of drug-likeness (QED) is 0.825. The van der Waals surface area contributed by atoms with E-state index >= 15 is 0 Å². The van der Waals surface area contributed by atoms with Crippen molar-refractivity contribution in [3.8, 4) is 23.3 Å². The van der Waals surface area contributed by atoms with Crippen molar-refractivity contribution in [3.63, 3.8) is 0 Å². The first kappa shape index (κ1) is 17.3. The minimum Gasteiger partial charge on any atom is -0.493 e. The number of nitrogens with one attached hydrogen (secondary N) is 1. The van der Waals surface area contributed by atoms with E-state index in [1.54, 1.807) is 7.11 Å². The fraction of sp³-hybridized carbons (Fsp3) is 0.591. The van der Waals surface area contributed by atoms with Crippen LogP contribution >= 0.6 is 0 Å². The van der Waals surface area contributed by atoms with Crippen LogP contribution in [0.2, 0.25) is 0 Å². The Morgan fingerprint density at radius 3 is 2.31 bits per heavy atom. The second kappa shape index (κ2) is 7.23. The number of rotatable bonds is 5. The van der Waals surface area contributed by atoms with Gasteiger partial charge in [-0.05, 0) is 68.4 Å². The highest BCUT2D eigenvalue weighted by Gasteiger charge is 2.54. The fourth-order valence-corrected chi connectivity index (χ4v) is 5.67. The second-order valence-corrected chi connectivity index (χ2v) is 8.17. The molecule has 4 nitrogen and oxygen atoms in total. The molecular weight excluding hydrogens is 326 g/mol. The number of hydrogen-bond donors (Lipinski definition) is 1. The van der Waals surface area contributed by atoms with Gasteiger partial charge in [0, 0.05) is 5.41 Å². The predicted octanol–water partition coefficient (Wildman–Crippen LogP) is 3.41. The molecule has 26 heavy (non-hydrogen) atoms. The Kier molecular flexibility index (Phi) is 4.80. The van der Waals surface area contributed by atoms with Crippen molar-refractivity contribution >= 4 is 5.91 Å². The number of ether oxygens (including phenoxy) is 2. The third-order valence-corrected chi connectivity index (χ3v) is 6.35. The number of benzene rings is 1. The molecule has 0 unspecified atom stereocenters. The van der Waals surface area contributed by atoms with Crippen molar-refractivity contribution in [2.45, 2.75) is 38.5 Å². The Labute approximate surface area is 155 Å². The van der Waals surface area contributed by atoms with Gasteiger partial charge >= 0.3 is 0 Å². The van der Waals surface area contributed by atoms with E-state index in [1.165, 1.54) is 19.3 Å². The van der Waals surface area contributed by atoms with Crippen LogP contribution in [0, 0.1) is 35.0 Å². The van der Waals surface area contributed by atoms with Crippen molar-refractivity contribution < 1.29 is 14.3 Å². The van der Waals surface area contributed by atoms with Gasteiger partial charge in [-0.25, -0.2) is 0 Å². The normalized spacial score (nSPS) is 31.0. The van der Waals surface area contributed by atoms with Crippen LogP contribution in [0.25, 0.3) is 0 Å². The maximum atomic E-state index is 12.8. The average Bonchev–Trinajstić information content (AvgIpc) is 2.63. The van der Waals surface area contributed by atoms with Gasteiger partial charge in [0.1, 0.15) is 6.61 Å². The summed E-state index contributed by atoms with van der Waals surface area (Å²) in [6.07, 6.45) is 7.34. The Hall–Kier alpha value is -2.15. The number of carbonyl (C=O) groups is 1. The fourth-order valence-electron chi connectivity index (χ4n) is 5.67. The predicted molar refractivity (Wildman–Crippen MR) is 99.9 cm³/mol. The van der Waals surface area contributed by atoms with E-state index in [1.807, 2.05) is 24.3 Å². The maximum Gasteiger partial charge on any atom is 0.226 e. The summed E-state index contributed by atoms with van der Waals surface area (Å²) >= 11 is 0. The van der Waals surface area contributed by atoms with Gasteiger partial charge in [0.2, 0.25) is 5.91 Å². The third kappa shape index (κ3) is 3.40. The average molecular weight is 353 g/mol. The number of carbonyl (C=O) groups excluding carboxylic acids is 1. The maximum absolute atomic E-state index is 12.8.